The lowest BCUT2D eigenvalue weighted by molar-refractivity contribution is 0.0697. The Bertz CT molecular complexity index is 594. The third-order valence-electron chi connectivity index (χ3n) is 2.83. The second kappa shape index (κ2) is 5.52. The van der Waals surface area contributed by atoms with Crippen molar-refractivity contribution in [1.82, 2.24) is 0 Å². The Morgan fingerprint density at radius 1 is 1.21 bits per heavy atom. The lowest BCUT2D eigenvalue weighted by Gasteiger charge is -2.10. The first kappa shape index (κ1) is 13.1. The van der Waals surface area contributed by atoms with Gasteiger partial charge in [0.05, 0.1) is 11.3 Å². The molecule has 2 N–H and O–H groups in total. The van der Waals surface area contributed by atoms with Crippen LogP contribution in [0.3, 0.4) is 0 Å². The van der Waals surface area contributed by atoms with Crippen molar-refractivity contribution in [3.8, 4) is 0 Å². The quantitative estimate of drug-likeness (QED) is 0.884. The number of hydrogen-bond acceptors (Lipinski definition) is 2. The van der Waals surface area contributed by atoms with E-state index in [1.54, 1.807) is 0 Å². The largest absolute Gasteiger partial charge is 0.478 e. The van der Waals surface area contributed by atoms with Gasteiger partial charge in [0.2, 0.25) is 0 Å². The number of carbonyl (C=O) groups is 1. The van der Waals surface area contributed by atoms with Gasteiger partial charge in [-0.05, 0) is 24.6 Å². The number of aromatic carboxylic acids is 1. The van der Waals surface area contributed by atoms with Gasteiger partial charge in [-0.3, -0.25) is 0 Å². The first-order valence-corrected chi connectivity index (χ1v) is 5.89. The Labute approximate surface area is 110 Å². The number of nitrogens with one attached hydrogen (secondary N) is 1. The SMILES string of the molecule is Cc1ccc(CNc2c(F)cccc2C(=O)O)cc1. The molecule has 3 nitrogen and oxygen atoms in total. The minimum atomic E-state index is -1.15. The molecule has 2 aromatic carbocycles. The van der Waals surface area contributed by atoms with Crippen LogP contribution in [0.15, 0.2) is 42.5 Å². The molecule has 0 heterocycles. The van der Waals surface area contributed by atoms with E-state index in [1.807, 2.05) is 31.2 Å². The minimum Gasteiger partial charge on any atom is -0.478 e. The van der Waals surface area contributed by atoms with Gasteiger partial charge >= 0.3 is 5.97 Å². The van der Waals surface area contributed by atoms with Crippen molar-refractivity contribution in [3.63, 3.8) is 0 Å². The van der Waals surface area contributed by atoms with Crippen LogP contribution < -0.4 is 5.32 Å². The number of halogens is 1. The van der Waals surface area contributed by atoms with Gasteiger partial charge in [-0.25, -0.2) is 9.18 Å². The summed E-state index contributed by atoms with van der Waals surface area (Å²) in [4.78, 5) is 11.0. The van der Waals surface area contributed by atoms with E-state index in [1.165, 1.54) is 18.2 Å². The molecule has 19 heavy (non-hydrogen) atoms. The molecule has 0 bridgehead atoms. The van der Waals surface area contributed by atoms with Crippen LogP contribution in [0.2, 0.25) is 0 Å². The number of carboxylic acids is 1. The maximum atomic E-state index is 13.7. The van der Waals surface area contributed by atoms with Gasteiger partial charge < -0.3 is 10.4 Å². The van der Waals surface area contributed by atoms with Gasteiger partial charge in [0.15, 0.2) is 0 Å². The van der Waals surface area contributed by atoms with Gasteiger partial charge in [-0.1, -0.05) is 35.9 Å². The number of anilines is 1. The first-order valence-electron chi connectivity index (χ1n) is 5.89. The van der Waals surface area contributed by atoms with E-state index >= 15 is 0 Å². The third-order valence-corrected chi connectivity index (χ3v) is 2.83. The van der Waals surface area contributed by atoms with Crippen molar-refractivity contribution in [2.45, 2.75) is 13.5 Å². The summed E-state index contributed by atoms with van der Waals surface area (Å²) in [6, 6.07) is 11.8. The molecule has 0 atom stereocenters. The van der Waals surface area contributed by atoms with Crippen LogP contribution in [-0.2, 0) is 6.54 Å². The van der Waals surface area contributed by atoms with E-state index in [4.69, 9.17) is 5.11 Å². The zero-order valence-corrected chi connectivity index (χ0v) is 10.5. The number of carboxylic acid groups (broad SMARTS) is 1. The van der Waals surface area contributed by atoms with Crippen molar-refractivity contribution in [3.05, 3.63) is 65.0 Å². The highest BCUT2D eigenvalue weighted by atomic mass is 19.1. The zero-order valence-electron chi connectivity index (χ0n) is 10.5. The van der Waals surface area contributed by atoms with Crippen LogP contribution in [-0.4, -0.2) is 11.1 Å². The molecule has 98 valence electrons. The molecule has 0 radical (unpaired) electrons. The van der Waals surface area contributed by atoms with Crippen molar-refractivity contribution >= 4 is 11.7 Å². The highest BCUT2D eigenvalue weighted by Gasteiger charge is 2.13. The average molecular weight is 259 g/mol. The van der Waals surface area contributed by atoms with Crippen LogP contribution in [0.4, 0.5) is 10.1 Å². The Kier molecular flexibility index (Phi) is 3.80. The molecule has 2 rings (SSSR count). The molecule has 4 heteroatoms. The molecule has 0 aliphatic rings. The fourth-order valence-corrected chi connectivity index (χ4v) is 1.78. The number of para-hydroxylation sites is 1. The van der Waals surface area contributed by atoms with Gasteiger partial charge in [0.1, 0.15) is 5.82 Å². The Balaban J connectivity index is 2.19. The standard InChI is InChI=1S/C15H14FNO2/c1-10-5-7-11(8-6-10)9-17-14-12(15(18)19)3-2-4-13(14)16/h2-8,17H,9H2,1H3,(H,18,19). The normalized spacial score (nSPS) is 10.2. The van der Waals surface area contributed by atoms with Crippen molar-refractivity contribution in [1.29, 1.82) is 0 Å². The number of hydrogen-bond donors (Lipinski definition) is 2. The zero-order chi connectivity index (χ0) is 13.8. The Hall–Kier alpha value is -2.36. The van der Waals surface area contributed by atoms with Crippen LogP contribution in [0, 0.1) is 12.7 Å². The molecule has 0 saturated heterocycles. The summed E-state index contributed by atoms with van der Waals surface area (Å²) in [5.74, 6) is -1.71. The predicted octanol–water partition coefficient (Wildman–Crippen LogP) is 3.44. The molecule has 0 aromatic heterocycles. The van der Waals surface area contributed by atoms with Gasteiger partial charge in [0, 0.05) is 6.54 Å². The van der Waals surface area contributed by atoms with E-state index in [9.17, 15) is 9.18 Å². The molecule has 2 aromatic rings. The summed E-state index contributed by atoms with van der Waals surface area (Å²) in [6.45, 7) is 2.36. The maximum absolute atomic E-state index is 13.7. The minimum absolute atomic E-state index is 0.0237. The fourth-order valence-electron chi connectivity index (χ4n) is 1.78. The Morgan fingerprint density at radius 2 is 1.89 bits per heavy atom. The summed E-state index contributed by atoms with van der Waals surface area (Å²) >= 11 is 0. The summed E-state index contributed by atoms with van der Waals surface area (Å²) < 4.78 is 13.7. The molecular formula is C15H14FNO2. The molecule has 0 saturated carbocycles. The number of aryl methyl sites for hydroxylation is 1. The summed E-state index contributed by atoms with van der Waals surface area (Å²) in [6.07, 6.45) is 0. The Morgan fingerprint density at radius 3 is 2.53 bits per heavy atom. The second-order valence-corrected chi connectivity index (χ2v) is 4.31. The molecule has 0 spiro atoms. The van der Waals surface area contributed by atoms with Crippen LogP contribution in [0.5, 0.6) is 0 Å². The van der Waals surface area contributed by atoms with E-state index in [0.717, 1.165) is 11.1 Å². The molecule has 0 fully saturated rings. The van der Waals surface area contributed by atoms with E-state index in [2.05, 4.69) is 5.32 Å². The summed E-state index contributed by atoms with van der Waals surface area (Å²) in [5, 5.41) is 11.9. The van der Waals surface area contributed by atoms with Gasteiger partial charge in [0.25, 0.3) is 0 Å². The van der Waals surface area contributed by atoms with Crippen molar-refractivity contribution in [2.75, 3.05) is 5.32 Å². The summed E-state index contributed by atoms with van der Waals surface area (Å²) in [5.41, 5.74) is 2.06. The van der Waals surface area contributed by atoms with Gasteiger partial charge in [-0.2, -0.15) is 0 Å². The van der Waals surface area contributed by atoms with Crippen LogP contribution >= 0.6 is 0 Å². The van der Waals surface area contributed by atoms with E-state index < -0.39 is 11.8 Å². The molecule has 0 amide bonds. The average Bonchev–Trinajstić information content (AvgIpc) is 2.39. The molecule has 0 unspecified atom stereocenters. The summed E-state index contributed by atoms with van der Waals surface area (Å²) in [7, 11) is 0. The van der Waals surface area contributed by atoms with Crippen molar-refractivity contribution < 1.29 is 14.3 Å². The predicted molar refractivity (Wildman–Crippen MR) is 71.9 cm³/mol. The molecule has 0 aliphatic carbocycles. The monoisotopic (exact) mass is 259 g/mol. The third kappa shape index (κ3) is 3.10. The van der Waals surface area contributed by atoms with E-state index in [0.29, 0.717) is 6.54 Å². The highest BCUT2D eigenvalue weighted by molar-refractivity contribution is 5.94. The van der Waals surface area contributed by atoms with Gasteiger partial charge in [-0.15, -0.1) is 0 Å². The van der Waals surface area contributed by atoms with Crippen molar-refractivity contribution in [2.24, 2.45) is 0 Å². The molecule has 0 aliphatic heterocycles. The van der Waals surface area contributed by atoms with Crippen LogP contribution in [0.25, 0.3) is 0 Å². The lowest BCUT2D eigenvalue weighted by atomic mass is 10.1. The smallest absolute Gasteiger partial charge is 0.337 e. The van der Waals surface area contributed by atoms with E-state index in [-0.39, 0.29) is 11.3 Å². The lowest BCUT2D eigenvalue weighted by Crippen LogP contribution is -2.08. The molecular weight excluding hydrogens is 245 g/mol. The number of benzene rings is 2. The fraction of sp³-hybridized carbons (Fsp3) is 0.133. The van der Waals surface area contributed by atoms with Crippen LogP contribution in [0.1, 0.15) is 21.5 Å². The number of rotatable bonds is 4. The first-order chi connectivity index (χ1) is 9.08. The highest BCUT2D eigenvalue weighted by Crippen LogP contribution is 2.20. The topological polar surface area (TPSA) is 49.3 Å². The maximum Gasteiger partial charge on any atom is 0.337 e. The second-order valence-electron chi connectivity index (χ2n) is 4.31.